The Morgan fingerprint density at radius 1 is 1.38 bits per heavy atom. The molecule has 1 amide bonds. The van der Waals surface area contributed by atoms with Crippen LogP contribution < -0.4 is 5.32 Å². The van der Waals surface area contributed by atoms with E-state index < -0.39 is 0 Å². The molecule has 1 saturated heterocycles. The molecule has 0 radical (unpaired) electrons. The lowest BCUT2D eigenvalue weighted by Gasteiger charge is -2.02. The summed E-state index contributed by atoms with van der Waals surface area (Å²) in [5, 5.41) is 13.2. The fourth-order valence-corrected chi connectivity index (χ4v) is 3.53. The minimum absolute atomic E-state index is 0.0332. The maximum absolute atomic E-state index is 12.0. The van der Waals surface area contributed by atoms with Crippen LogP contribution in [-0.4, -0.2) is 22.2 Å². The summed E-state index contributed by atoms with van der Waals surface area (Å²) in [5.41, 5.74) is 0.776. The van der Waals surface area contributed by atoms with Gasteiger partial charge in [0.05, 0.1) is 16.0 Å². The van der Waals surface area contributed by atoms with Gasteiger partial charge >= 0.3 is 0 Å². The van der Waals surface area contributed by atoms with Crippen LogP contribution in [0.15, 0.2) is 28.1 Å². The van der Waals surface area contributed by atoms with Gasteiger partial charge in [0.15, 0.2) is 5.17 Å². The summed E-state index contributed by atoms with van der Waals surface area (Å²) in [6.45, 7) is 0. The van der Waals surface area contributed by atoms with E-state index in [-0.39, 0.29) is 16.7 Å². The number of amides is 1. The minimum atomic E-state index is -0.138. The molecule has 4 nitrogen and oxygen atoms in total. The van der Waals surface area contributed by atoms with Crippen molar-refractivity contribution in [1.82, 2.24) is 5.32 Å². The smallest absolute Gasteiger partial charge is 0.264 e. The van der Waals surface area contributed by atoms with Crippen molar-refractivity contribution >= 4 is 40.5 Å². The first-order valence-electron chi connectivity index (χ1n) is 6.89. The van der Waals surface area contributed by atoms with Crippen molar-refractivity contribution in [3.8, 4) is 5.75 Å². The Bertz CT molecular complexity index is 637. The molecule has 1 heterocycles. The van der Waals surface area contributed by atoms with Crippen molar-refractivity contribution in [2.24, 2.45) is 4.99 Å². The Labute approximate surface area is 132 Å². The van der Waals surface area contributed by atoms with Crippen molar-refractivity contribution in [2.75, 3.05) is 0 Å². The Morgan fingerprint density at radius 3 is 2.86 bits per heavy atom. The number of thioether (sulfide) groups is 1. The van der Waals surface area contributed by atoms with Crippen molar-refractivity contribution in [3.05, 3.63) is 33.7 Å². The zero-order valence-corrected chi connectivity index (χ0v) is 12.9. The van der Waals surface area contributed by atoms with E-state index >= 15 is 0 Å². The van der Waals surface area contributed by atoms with Crippen molar-refractivity contribution < 1.29 is 9.90 Å². The highest BCUT2D eigenvalue weighted by Crippen LogP contribution is 2.30. The van der Waals surface area contributed by atoms with Gasteiger partial charge in [0.1, 0.15) is 5.75 Å². The average molecular weight is 323 g/mol. The fraction of sp³-hybridized carbons (Fsp3) is 0.333. The number of carbonyl (C=O) groups is 1. The van der Waals surface area contributed by atoms with Gasteiger partial charge in [-0.2, -0.15) is 0 Å². The highest BCUT2D eigenvalue weighted by atomic mass is 35.5. The summed E-state index contributed by atoms with van der Waals surface area (Å²) in [6.07, 6.45) is 6.39. The van der Waals surface area contributed by atoms with E-state index in [9.17, 15) is 9.90 Å². The van der Waals surface area contributed by atoms with Crippen molar-refractivity contribution in [2.45, 2.75) is 31.7 Å². The Morgan fingerprint density at radius 2 is 2.14 bits per heavy atom. The van der Waals surface area contributed by atoms with Crippen LogP contribution in [0.5, 0.6) is 5.75 Å². The number of nitrogens with one attached hydrogen (secondary N) is 1. The molecule has 0 bridgehead atoms. The largest absolute Gasteiger partial charge is 0.506 e. The number of nitrogens with zero attached hydrogens (tertiary/aromatic N) is 1. The van der Waals surface area contributed by atoms with Gasteiger partial charge in [-0.05, 0) is 48.4 Å². The summed E-state index contributed by atoms with van der Waals surface area (Å²) in [4.78, 5) is 17.1. The molecule has 3 rings (SSSR count). The number of carbonyl (C=O) groups excluding carboxylic acids is 1. The summed E-state index contributed by atoms with van der Waals surface area (Å²) in [6, 6.07) is 5.20. The number of phenols is 1. The van der Waals surface area contributed by atoms with E-state index in [1.165, 1.54) is 30.7 Å². The molecule has 21 heavy (non-hydrogen) atoms. The summed E-state index contributed by atoms with van der Waals surface area (Å²) < 4.78 is 0. The molecule has 2 fully saturated rings. The molecule has 1 aliphatic carbocycles. The molecule has 0 atom stereocenters. The molecule has 0 unspecified atom stereocenters. The van der Waals surface area contributed by atoms with Crippen LogP contribution in [0.2, 0.25) is 5.02 Å². The van der Waals surface area contributed by atoms with Gasteiger partial charge in [0, 0.05) is 0 Å². The van der Waals surface area contributed by atoms with Crippen LogP contribution in [0.3, 0.4) is 0 Å². The third-order valence-electron chi connectivity index (χ3n) is 3.54. The molecule has 1 aliphatic heterocycles. The van der Waals surface area contributed by atoms with Crippen LogP contribution in [0.1, 0.15) is 31.2 Å². The predicted molar refractivity (Wildman–Crippen MR) is 86.5 cm³/mol. The van der Waals surface area contributed by atoms with Gasteiger partial charge in [-0.15, -0.1) is 0 Å². The fourth-order valence-electron chi connectivity index (χ4n) is 2.45. The van der Waals surface area contributed by atoms with E-state index in [1.54, 1.807) is 18.2 Å². The van der Waals surface area contributed by atoms with Crippen molar-refractivity contribution in [3.63, 3.8) is 0 Å². The van der Waals surface area contributed by atoms with Gasteiger partial charge in [0.2, 0.25) is 0 Å². The first-order chi connectivity index (χ1) is 10.1. The standard InChI is InChI=1S/C15H15ClN2O2S/c16-11-7-9(5-6-12(11)19)8-13-14(20)18-15(21-13)17-10-3-1-2-4-10/h5-8,10,19H,1-4H2,(H,17,18,20)/b13-8+. The summed E-state index contributed by atoms with van der Waals surface area (Å²) in [5.74, 6) is -0.105. The third-order valence-corrected chi connectivity index (χ3v) is 4.77. The zero-order valence-electron chi connectivity index (χ0n) is 11.3. The van der Waals surface area contributed by atoms with E-state index in [4.69, 9.17) is 11.6 Å². The van der Waals surface area contributed by atoms with Crippen LogP contribution in [0.4, 0.5) is 0 Å². The topological polar surface area (TPSA) is 61.7 Å². The Hall–Kier alpha value is -1.46. The first kappa shape index (κ1) is 14.5. The maximum atomic E-state index is 12.0. The number of hydrogen-bond acceptors (Lipinski definition) is 4. The Balaban J connectivity index is 1.77. The van der Waals surface area contributed by atoms with E-state index in [0.29, 0.717) is 16.1 Å². The molecule has 110 valence electrons. The maximum Gasteiger partial charge on any atom is 0.264 e. The molecule has 1 aromatic rings. The third kappa shape index (κ3) is 3.41. The Kier molecular flexibility index (Phi) is 4.22. The van der Waals surface area contributed by atoms with Gasteiger partial charge in [-0.3, -0.25) is 9.79 Å². The molecule has 0 aromatic heterocycles. The molecule has 2 aliphatic rings. The second kappa shape index (κ2) is 6.12. The second-order valence-corrected chi connectivity index (χ2v) is 6.59. The normalized spacial score (nSPS) is 23.2. The van der Waals surface area contributed by atoms with Crippen molar-refractivity contribution in [1.29, 1.82) is 0 Å². The van der Waals surface area contributed by atoms with E-state index in [1.807, 2.05) is 0 Å². The van der Waals surface area contributed by atoms with Gasteiger partial charge < -0.3 is 10.4 Å². The number of phenolic OH excluding ortho intramolecular Hbond substituents is 1. The molecular formula is C15H15ClN2O2S. The van der Waals surface area contributed by atoms with Gasteiger partial charge in [-0.25, -0.2) is 0 Å². The number of hydrogen-bond donors (Lipinski definition) is 2. The lowest BCUT2D eigenvalue weighted by atomic mass is 10.2. The molecule has 1 aromatic carbocycles. The van der Waals surface area contributed by atoms with Crippen LogP contribution >= 0.6 is 23.4 Å². The summed E-state index contributed by atoms with van der Waals surface area (Å²) in [7, 11) is 0. The van der Waals surface area contributed by atoms with Crippen LogP contribution in [0.25, 0.3) is 6.08 Å². The van der Waals surface area contributed by atoms with E-state index in [2.05, 4.69) is 10.3 Å². The number of halogens is 1. The highest BCUT2D eigenvalue weighted by molar-refractivity contribution is 8.18. The SMILES string of the molecule is O=C1NC(=NC2CCCC2)S/C1=C/c1ccc(O)c(Cl)c1. The van der Waals surface area contributed by atoms with Gasteiger partial charge in [-0.1, -0.05) is 30.5 Å². The number of amidine groups is 1. The summed E-state index contributed by atoms with van der Waals surface area (Å²) >= 11 is 7.22. The predicted octanol–water partition coefficient (Wildman–Crippen LogP) is 3.55. The number of benzene rings is 1. The molecule has 2 N–H and O–H groups in total. The van der Waals surface area contributed by atoms with E-state index in [0.717, 1.165) is 18.4 Å². The zero-order chi connectivity index (χ0) is 14.8. The highest BCUT2D eigenvalue weighted by Gasteiger charge is 2.25. The average Bonchev–Trinajstić information content (AvgIpc) is 3.05. The lowest BCUT2D eigenvalue weighted by molar-refractivity contribution is -0.115. The molecule has 6 heteroatoms. The lowest BCUT2D eigenvalue weighted by Crippen LogP contribution is -2.21. The van der Waals surface area contributed by atoms with Crippen LogP contribution in [-0.2, 0) is 4.79 Å². The number of aromatic hydroxyl groups is 1. The number of rotatable bonds is 2. The minimum Gasteiger partial charge on any atom is -0.506 e. The van der Waals surface area contributed by atoms with Gasteiger partial charge in [0.25, 0.3) is 5.91 Å². The van der Waals surface area contributed by atoms with Crippen LogP contribution in [0, 0.1) is 0 Å². The first-order valence-corrected chi connectivity index (χ1v) is 8.08. The number of aliphatic imine (C=N–C) groups is 1. The molecular weight excluding hydrogens is 308 g/mol. The second-order valence-electron chi connectivity index (χ2n) is 5.15. The molecule has 1 saturated carbocycles. The monoisotopic (exact) mass is 322 g/mol. The quantitative estimate of drug-likeness (QED) is 0.819. The molecule has 0 spiro atoms.